The van der Waals surface area contributed by atoms with Gasteiger partial charge in [-0.15, -0.1) is 0 Å². The van der Waals surface area contributed by atoms with Crippen LogP contribution in [0.5, 0.6) is 0 Å². The van der Waals surface area contributed by atoms with Crippen LogP contribution in [0.4, 0.5) is 4.39 Å². The number of hydrogen-bond acceptors (Lipinski definition) is 3. The summed E-state index contributed by atoms with van der Waals surface area (Å²) >= 11 is 11.1. The molecule has 2 aromatic carbocycles. The van der Waals surface area contributed by atoms with Crippen molar-refractivity contribution >= 4 is 30.0 Å². The first-order valence-corrected chi connectivity index (χ1v) is 7.16. The lowest BCUT2D eigenvalue weighted by Crippen LogP contribution is -1.97. The number of H-pyrrole nitrogens is 1. The van der Waals surface area contributed by atoms with E-state index in [9.17, 15) is 4.39 Å². The molecule has 1 N–H and O–H groups in total. The molecule has 3 rings (SSSR count). The standard InChI is InChI=1S/C15H10ClFN4S/c16-12-7-4-8-13(17)11(12)9-18-21-14(19-20-15(21)22)10-5-2-1-3-6-10/h1-9H,(H,20,22)/b18-9-. The maximum atomic E-state index is 13.8. The molecule has 1 heterocycles. The Morgan fingerprint density at radius 3 is 2.68 bits per heavy atom. The van der Waals surface area contributed by atoms with Crippen molar-refractivity contribution in [3.63, 3.8) is 0 Å². The highest BCUT2D eigenvalue weighted by Gasteiger charge is 2.08. The van der Waals surface area contributed by atoms with E-state index in [1.807, 2.05) is 30.3 Å². The maximum Gasteiger partial charge on any atom is 0.216 e. The van der Waals surface area contributed by atoms with Gasteiger partial charge >= 0.3 is 0 Å². The van der Waals surface area contributed by atoms with E-state index in [2.05, 4.69) is 15.3 Å². The minimum atomic E-state index is -0.451. The number of rotatable bonds is 3. The van der Waals surface area contributed by atoms with Crippen molar-refractivity contribution in [1.29, 1.82) is 0 Å². The van der Waals surface area contributed by atoms with E-state index < -0.39 is 5.82 Å². The minimum Gasteiger partial charge on any atom is -0.250 e. The quantitative estimate of drug-likeness (QED) is 0.574. The zero-order valence-corrected chi connectivity index (χ0v) is 12.8. The highest BCUT2D eigenvalue weighted by Crippen LogP contribution is 2.19. The van der Waals surface area contributed by atoms with Crippen LogP contribution in [-0.4, -0.2) is 21.1 Å². The molecule has 0 saturated heterocycles. The van der Waals surface area contributed by atoms with Crippen LogP contribution in [0, 0.1) is 10.6 Å². The molecule has 4 nitrogen and oxygen atoms in total. The van der Waals surface area contributed by atoms with Gasteiger partial charge in [0.15, 0.2) is 5.82 Å². The second-order valence-corrected chi connectivity index (χ2v) is 5.20. The smallest absolute Gasteiger partial charge is 0.216 e. The topological polar surface area (TPSA) is 46.0 Å². The van der Waals surface area contributed by atoms with Crippen molar-refractivity contribution < 1.29 is 4.39 Å². The van der Waals surface area contributed by atoms with E-state index in [0.29, 0.717) is 10.6 Å². The monoisotopic (exact) mass is 332 g/mol. The van der Waals surface area contributed by atoms with Gasteiger partial charge in [0.05, 0.1) is 11.2 Å². The zero-order valence-electron chi connectivity index (χ0n) is 11.2. The van der Waals surface area contributed by atoms with Crippen LogP contribution in [0.2, 0.25) is 5.02 Å². The third-order valence-electron chi connectivity index (χ3n) is 2.98. The molecule has 0 unspecified atom stereocenters. The van der Waals surface area contributed by atoms with Crippen LogP contribution in [0.15, 0.2) is 53.6 Å². The van der Waals surface area contributed by atoms with E-state index in [1.165, 1.54) is 23.0 Å². The summed E-state index contributed by atoms with van der Waals surface area (Å²) in [4.78, 5) is 0. The van der Waals surface area contributed by atoms with E-state index in [-0.39, 0.29) is 10.6 Å². The zero-order chi connectivity index (χ0) is 15.5. The van der Waals surface area contributed by atoms with Crippen LogP contribution < -0.4 is 0 Å². The molecule has 7 heteroatoms. The maximum absolute atomic E-state index is 13.8. The van der Waals surface area contributed by atoms with Crippen LogP contribution >= 0.6 is 23.8 Å². The highest BCUT2D eigenvalue weighted by molar-refractivity contribution is 7.71. The third-order valence-corrected chi connectivity index (χ3v) is 3.58. The first-order chi connectivity index (χ1) is 10.7. The largest absolute Gasteiger partial charge is 0.250 e. The molecule has 0 saturated carbocycles. The Hall–Kier alpha value is -2.31. The molecule has 0 aliphatic carbocycles. The summed E-state index contributed by atoms with van der Waals surface area (Å²) in [6, 6.07) is 13.9. The molecule has 0 spiro atoms. The SMILES string of the molecule is Fc1cccc(Cl)c1/C=N\n1c(-c2ccccc2)n[nH]c1=S. The predicted octanol–water partition coefficient (Wildman–Crippen LogP) is 4.28. The van der Waals surface area contributed by atoms with Crippen molar-refractivity contribution in [1.82, 2.24) is 14.9 Å². The van der Waals surface area contributed by atoms with Gasteiger partial charge in [-0.2, -0.15) is 14.9 Å². The second-order valence-electron chi connectivity index (χ2n) is 4.41. The summed E-state index contributed by atoms with van der Waals surface area (Å²) in [5.74, 6) is 0.0850. The van der Waals surface area contributed by atoms with Gasteiger partial charge in [0.1, 0.15) is 5.82 Å². The summed E-state index contributed by atoms with van der Waals surface area (Å²) in [7, 11) is 0. The average molecular weight is 333 g/mol. The molecule has 0 aliphatic rings. The van der Waals surface area contributed by atoms with Crippen molar-refractivity contribution in [2.24, 2.45) is 5.10 Å². The van der Waals surface area contributed by atoms with Crippen molar-refractivity contribution in [3.05, 3.63) is 69.7 Å². The summed E-state index contributed by atoms with van der Waals surface area (Å²) < 4.78 is 15.5. The molecule has 0 atom stereocenters. The Morgan fingerprint density at radius 1 is 1.18 bits per heavy atom. The van der Waals surface area contributed by atoms with Gasteiger partial charge in [0.2, 0.25) is 4.77 Å². The molecule has 0 radical (unpaired) electrons. The lowest BCUT2D eigenvalue weighted by atomic mass is 10.2. The second kappa shape index (κ2) is 6.21. The predicted molar refractivity (Wildman–Crippen MR) is 87.2 cm³/mol. The Kier molecular flexibility index (Phi) is 4.13. The van der Waals surface area contributed by atoms with Gasteiger partial charge in [-0.25, -0.2) is 9.49 Å². The van der Waals surface area contributed by atoms with Crippen LogP contribution in [-0.2, 0) is 0 Å². The molecule has 22 heavy (non-hydrogen) atoms. The summed E-state index contributed by atoms with van der Waals surface area (Å²) in [6.45, 7) is 0. The molecular weight excluding hydrogens is 323 g/mol. The summed E-state index contributed by atoms with van der Waals surface area (Å²) in [6.07, 6.45) is 1.33. The summed E-state index contributed by atoms with van der Waals surface area (Å²) in [5, 5.41) is 11.3. The first kappa shape index (κ1) is 14.6. The number of aromatic nitrogens is 3. The molecule has 110 valence electrons. The first-order valence-electron chi connectivity index (χ1n) is 6.38. The third kappa shape index (κ3) is 2.84. The van der Waals surface area contributed by atoms with Crippen molar-refractivity contribution in [3.8, 4) is 11.4 Å². The van der Waals surface area contributed by atoms with Gasteiger partial charge in [0.25, 0.3) is 0 Å². The number of nitrogens with zero attached hydrogens (tertiary/aromatic N) is 3. The fourth-order valence-electron chi connectivity index (χ4n) is 1.92. The number of halogens is 2. The Balaban J connectivity index is 2.05. The van der Waals surface area contributed by atoms with Gasteiger partial charge < -0.3 is 0 Å². The van der Waals surface area contributed by atoms with Crippen LogP contribution in [0.25, 0.3) is 11.4 Å². The Labute approximate surface area is 135 Å². The highest BCUT2D eigenvalue weighted by atomic mass is 35.5. The Bertz CT molecular complexity index is 866. The number of hydrogen-bond donors (Lipinski definition) is 1. The Morgan fingerprint density at radius 2 is 1.95 bits per heavy atom. The molecule has 0 aliphatic heterocycles. The average Bonchev–Trinajstić information content (AvgIpc) is 2.89. The molecular formula is C15H10ClFN4S. The number of aromatic amines is 1. The minimum absolute atomic E-state index is 0.200. The van der Waals surface area contributed by atoms with E-state index >= 15 is 0 Å². The van der Waals surface area contributed by atoms with Gasteiger partial charge in [-0.1, -0.05) is 48.0 Å². The lowest BCUT2D eigenvalue weighted by Gasteiger charge is -2.02. The van der Waals surface area contributed by atoms with E-state index in [0.717, 1.165) is 5.56 Å². The number of nitrogens with one attached hydrogen (secondary N) is 1. The van der Waals surface area contributed by atoms with Crippen molar-refractivity contribution in [2.75, 3.05) is 0 Å². The van der Waals surface area contributed by atoms with Crippen molar-refractivity contribution in [2.45, 2.75) is 0 Å². The molecule has 1 aromatic heterocycles. The summed E-state index contributed by atoms with van der Waals surface area (Å²) in [5.41, 5.74) is 1.04. The van der Waals surface area contributed by atoms with Gasteiger partial charge in [-0.3, -0.25) is 0 Å². The lowest BCUT2D eigenvalue weighted by molar-refractivity contribution is 0.625. The van der Waals surface area contributed by atoms with Gasteiger partial charge in [-0.05, 0) is 24.4 Å². The normalized spacial score (nSPS) is 11.2. The van der Waals surface area contributed by atoms with Crippen LogP contribution in [0.3, 0.4) is 0 Å². The fraction of sp³-hybridized carbons (Fsp3) is 0. The molecule has 0 fully saturated rings. The molecule has 3 aromatic rings. The van der Waals surface area contributed by atoms with Gasteiger partial charge in [0, 0.05) is 11.1 Å². The van der Waals surface area contributed by atoms with E-state index in [4.69, 9.17) is 23.8 Å². The van der Waals surface area contributed by atoms with Crippen LogP contribution in [0.1, 0.15) is 5.56 Å². The number of benzene rings is 2. The molecule has 0 bridgehead atoms. The fourth-order valence-corrected chi connectivity index (χ4v) is 2.31. The molecule has 0 amide bonds. The van der Waals surface area contributed by atoms with E-state index in [1.54, 1.807) is 6.07 Å².